The normalized spacial score (nSPS) is 13.5. The predicted octanol–water partition coefficient (Wildman–Crippen LogP) is 11.2. The van der Waals surface area contributed by atoms with Gasteiger partial charge in [-0.2, -0.15) is 0 Å². The van der Waals surface area contributed by atoms with Crippen LogP contribution in [0, 0.1) is 0 Å². The summed E-state index contributed by atoms with van der Waals surface area (Å²) in [4.78, 5) is 4.93. The van der Waals surface area contributed by atoms with Gasteiger partial charge >= 0.3 is 0 Å². The molecule has 1 heterocycles. The molecule has 1 aromatic rings. The zero-order chi connectivity index (χ0) is 24.0. The highest BCUT2D eigenvalue weighted by Crippen LogP contribution is 2.30. The summed E-state index contributed by atoms with van der Waals surface area (Å²) in [6.07, 6.45) is 34.9. The molecule has 0 fully saturated rings. The third kappa shape index (κ3) is 14.9. The highest BCUT2D eigenvalue weighted by molar-refractivity contribution is 5.02. The number of hydrogen-bond acceptors (Lipinski definition) is 1. The Kier molecular flexibility index (Phi) is 19.9. The van der Waals surface area contributed by atoms with Crippen molar-refractivity contribution < 1.29 is 0 Å². The molecule has 0 spiro atoms. The van der Waals surface area contributed by atoms with Gasteiger partial charge in [-0.15, -0.1) is 0 Å². The Labute approximate surface area is 208 Å². The molecule has 0 N–H and O–H groups in total. The monoisotopic (exact) mass is 460 g/mol. The van der Waals surface area contributed by atoms with Crippen LogP contribution in [-0.2, 0) is 0 Å². The topological polar surface area (TPSA) is 17.8 Å². The summed E-state index contributed by atoms with van der Waals surface area (Å²) in [7, 11) is 0. The summed E-state index contributed by atoms with van der Waals surface area (Å²) < 4.78 is 2.54. The quantitative estimate of drug-likeness (QED) is 0.140. The number of rotatable bonds is 24. The van der Waals surface area contributed by atoms with Crippen molar-refractivity contribution in [3.8, 4) is 0 Å². The minimum absolute atomic E-state index is 0.591. The van der Waals surface area contributed by atoms with Gasteiger partial charge in [0.1, 0.15) is 5.82 Å². The van der Waals surface area contributed by atoms with Crippen LogP contribution >= 0.6 is 0 Å². The van der Waals surface area contributed by atoms with Crippen molar-refractivity contribution >= 4 is 0 Å². The molecule has 0 aliphatic rings. The number of unbranched alkanes of at least 4 members (excludes halogenated alkanes) is 16. The number of hydrogen-bond donors (Lipinski definition) is 0. The minimum Gasteiger partial charge on any atom is -0.332 e. The summed E-state index contributed by atoms with van der Waals surface area (Å²) in [6.45, 7) is 9.32. The molecule has 1 rings (SSSR count). The van der Waals surface area contributed by atoms with Crippen LogP contribution in [0.4, 0.5) is 0 Å². The summed E-state index contributed by atoms with van der Waals surface area (Å²) in [5, 5.41) is 0. The lowest BCUT2D eigenvalue weighted by molar-refractivity contribution is 0.414. The molecule has 0 aromatic carbocycles. The first kappa shape index (κ1) is 30.2. The van der Waals surface area contributed by atoms with Gasteiger partial charge in [-0.3, -0.25) is 0 Å². The van der Waals surface area contributed by atoms with Gasteiger partial charge in [0.25, 0.3) is 0 Å². The first-order valence-corrected chi connectivity index (χ1v) is 15.3. The van der Waals surface area contributed by atoms with E-state index in [0.717, 1.165) is 0 Å². The van der Waals surface area contributed by atoms with E-state index < -0.39 is 0 Å². The maximum Gasteiger partial charge on any atom is 0.111 e. The number of imidazole rings is 1. The van der Waals surface area contributed by atoms with E-state index in [1.807, 2.05) is 0 Å². The van der Waals surface area contributed by atoms with E-state index >= 15 is 0 Å². The second-order valence-corrected chi connectivity index (χ2v) is 10.8. The van der Waals surface area contributed by atoms with Crippen molar-refractivity contribution in [1.29, 1.82) is 0 Å². The molecule has 2 heteroatoms. The smallest absolute Gasteiger partial charge is 0.111 e. The van der Waals surface area contributed by atoms with E-state index in [4.69, 9.17) is 4.98 Å². The molecule has 0 radical (unpaired) electrons. The summed E-state index contributed by atoms with van der Waals surface area (Å²) in [5.74, 6) is 2.05. The van der Waals surface area contributed by atoms with Crippen molar-refractivity contribution in [2.24, 2.45) is 0 Å². The molecule has 194 valence electrons. The van der Waals surface area contributed by atoms with Crippen molar-refractivity contribution in [3.05, 3.63) is 18.2 Å². The number of nitrogens with zero attached hydrogens (tertiary/aromatic N) is 2. The van der Waals surface area contributed by atoms with Crippen LogP contribution in [0.3, 0.4) is 0 Å². The average Bonchev–Trinajstić information content (AvgIpc) is 3.31. The van der Waals surface area contributed by atoms with E-state index in [1.54, 1.807) is 0 Å². The van der Waals surface area contributed by atoms with Gasteiger partial charge in [-0.1, -0.05) is 143 Å². The Morgan fingerprint density at radius 3 is 1.45 bits per heavy atom. The Morgan fingerprint density at radius 1 is 0.576 bits per heavy atom. The molecule has 1 aromatic heterocycles. The van der Waals surface area contributed by atoms with Crippen molar-refractivity contribution in [2.45, 2.75) is 181 Å². The van der Waals surface area contributed by atoms with Crippen LogP contribution < -0.4 is 0 Å². The van der Waals surface area contributed by atoms with E-state index in [9.17, 15) is 0 Å². The van der Waals surface area contributed by atoms with Crippen molar-refractivity contribution in [2.75, 3.05) is 0 Å². The standard InChI is InChI=1S/C31H60N2/c1-5-8-11-13-15-16-18-20-23-26-30(25-22-19-17-14-12-9-6-2)31-32-27-28-33(31)29(4)24-21-10-7-3/h27-30H,5-26H2,1-4H3. The van der Waals surface area contributed by atoms with Crippen molar-refractivity contribution in [3.63, 3.8) is 0 Å². The van der Waals surface area contributed by atoms with Crippen molar-refractivity contribution in [1.82, 2.24) is 9.55 Å². The van der Waals surface area contributed by atoms with Crippen LogP contribution in [0.2, 0.25) is 0 Å². The highest BCUT2D eigenvalue weighted by atomic mass is 15.1. The van der Waals surface area contributed by atoms with E-state index in [-0.39, 0.29) is 0 Å². The van der Waals surface area contributed by atoms with Gasteiger partial charge in [0.2, 0.25) is 0 Å². The van der Waals surface area contributed by atoms with E-state index in [0.29, 0.717) is 12.0 Å². The lowest BCUT2D eigenvalue weighted by Crippen LogP contribution is -2.13. The van der Waals surface area contributed by atoms with Gasteiger partial charge in [-0.25, -0.2) is 4.98 Å². The second kappa shape index (κ2) is 21.7. The zero-order valence-corrected chi connectivity index (χ0v) is 23.3. The van der Waals surface area contributed by atoms with Gasteiger partial charge in [0.05, 0.1) is 0 Å². The fourth-order valence-corrected chi connectivity index (χ4v) is 5.29. The molecule has 33 heavy (non-hydrogen) atoms. The molecule has 2 atom stereocenters. The third-order valence-electron chi connectivity index (χ3n) is 7.58. The molecule has 2 nitrogen and oxygen atoms in total. The second-order valence-electron chi connectivity index (χ2n) is 10.8. The van der Waals surface area contributed by atoms with E-state index in [2.05, 4.69) is 44.7 Å². The fraction of sp³-hybridized carbons (Fsp3) is 0.903. The molecule has 0 bridgehead atoms. The predicted molar refractivity (Wildman–Crippen MR) is 148 cm³/mol. The van der Waals surface area contributed by atoms with Crippen LogP contribution in [0.15, 0.2) is 12.4 Å². The first-order valence-electron chi connectivity index (χ1n) is 15.3. The van der Waals surface area contributed by atoms with Crippen LogP contribution in [-0.4, -0.2) is 9.55 Å². The van der Waals surface area contributed by atoms with Gasteiger partial charge in [0, 0.05) is 24.4 Å². The lowest BCUT2D eigenvalue weighted by atomic mass is 9.92. The maximum atomic E-state index is 4.93. The third-order valence-corrected chi connectivity index (χ3v) is 7.58. The Bertz CT molecular complexity index is 521. The molecule has 0 saturated carbocycles. The van der Waals surface area contributed by atoms with Crippen LogP contribution in [0.1, 0.15) is 187 Å². The van der Waals surface area contributed by atoms with Gasteiger partial charge in [0.15, 0.2) is 0 Å². The maximum absolute atomic E-state index is 4.93. The van der Waals surface area contributed by atoms with Crippen LogP contribution in [0.5, 0.6) is 0 Å². The Hall–Kier alpha value is -0.790. The molecule has 0 aliphatic heterocycles. The fourth-order valence-electron chi connectivity index (χ4n) is 5.29. The molecular weight excluding hydrogens is 400 g/mol. The summed E-state index contributed by atoms with van der Waals surface area (Å²) >= 11 is 0. The summed E-state index contributed by atoms with van der Waals surface area (Å²) in [5.41, 5.74) is 0. The largest absolute Gasteiger partial charge is 0.332 e. The molecule has 0 saturated heterocycles. The Balaban J connectivity index is 2.49. The molecule has 0 aliphatic carbocycles. The van der Waals surface area contributed by atoms with Gasteiger partial charge < -0.3 is 4.57 Å². The van der Waals surface area contributed by atoms with Crippen LogP contribution in [0.25, 0.3) is 0 Å². The zero-order valence-electron chi connectivity index (χ0n) is 23.3. The molecule has 2 unspecified atom stereocenters. The molecular formula is C31H60N2. The highest BCUT2D eigenvalue weighted by Gasteiger charge is 2.19. The van der Waals surface area contributed by atoms with Gasteiger partial charge in [-0.05, 0) is 26.2 Å². The SMILES string of the molecule is CCCCCCCCCCCC(CCCCCCCCC)c1nccn1C(C)CCCCC. The minimum atomic E-state index is 0.591. The molecule has 0 amide bonds. The lowest BCUT2D eigenvalue weighted by Gasteiger charge is -2.22. The first-order chi connectivity index (χ1) is 16.2. The summed E-state index contributed by atoms with van der Waals surface area (Å²) in [6, 6.07) is 0.591. The van der Waals surface area contributed by atoms with E-state index in [1.165, 1.54) is 147 Å². The Morgan fingerprint density at radius 2 is 0.970 bits per heavy atom. The average molecular weight is 461 g/mol. The number of aromatic nitrogens is 2.